The van der Waals surface area contributed by atoms with E-state index < -0.39 is 18.5 Å². The smallest absolute Gasteiger partial charge is 0.334 e. The van der Waals surface area contributed by atoms with Crippen LogP contribution in [0, 0.1) is 0 Å². The highest BCUT2D eigenvalue weighted by molar-refractivity contribution is 5.77. The van der Waals surface area contributed by atoms with Crippen LogP contribution in [0.1, 0.15) is 49.5 Å². The van der Waals surface area contributed by atoms with E-state index in [0.29, 0.717) is 25.1 Å². The van der Waals surface area contributed by atoms with Crippen LogP contribution in [0.15, 0.2) is 18.2 Å². The van der Waals surface area contributed by atoms with Gasteiger partial charge in [-0.05, 0) is 50.9 Å². The van der Waals surface area contributed by atoms with Crippen molar-refractivity contribution >= 4 is 5.91 Å². The lowest BCUT2D eigenvalue weighted by Crippen LogP contribution is -2.34. The van der Waals surface area contributed by atoms with Crippen LogP contribution in [0.25, 0.3) is 0 Å². The minimum Gasteiger partial charge on any atom is -0.334 e. The lowest BCUT2D eigenvalue weighted by atomic mass is 10.1. The van der Waals surface area contributed by atoms with E-state index in [9.17, 15) is 18.0 Å². The molecule has 7 heteroatoms. The molecule has 2 aliphatic heterocycles. The Morgan fingerprint density at radius 3 is 2.62 bits per heavy atom. The number of rotatable bonds is 4. The predicted octanol–water partition coefficient (Wildman–Crippen LogP) is 3.29. The zero-order valence-corrected chi connectivity index (χ0v) is 13.6. The molecule has 4 nitrogen and oxygen atoms in total. The van der Waals surface area contributed by atoms with Gasteiger partial charge >= 0.3 is 6.18 Å². The van der Waals surface area contributed by atoms with Crippen molar-refractivity contribution in [2.24, 2.45) is 0 Å². The van der Waals surface area contributed by atoms with Crippen LogP contribution in [0.5, 0.6) is 0 Å². The molecule has 0 N–H and O–H groups in total. The van der Waals surface area contributed by atoms with Crippen molar-refractivity contribution in [1.29, 1.82) is 0 Å². The standard InChI is InChI=1S/C17H22F3N3O/c18-17(19,20)11-16(24)23-10-4-7-15(23)14-6-3-5-13(21-14)12-22-8-1-2-9-22/h3,5-6,15H,1-2,4,7-12H2. The van der Waals surface area contributed by atoms with Gasteiger partial charge in [-0.3, -0.25) is 14.7 Å². The van der Waals surface area contributed by atoms with Crippen LogP contribution < -0.4 is 0 Å². The van der Waals surface area contributed by atoms with Gasteiger partial charge in [0.25, 0.3) is 0 Å². The Balaban J connectivity index is 1.71. The number of carbonyl (C=O) groups excluding carboxylic acids is 1. The molecule has 0 spiro atoms. The molecule has 0 aromatic carbocycles. The Labute approximate surface area is 139 Å². The van der Waals surface area contributed by atoms with Gasteiger partial charge in [-0.15, -0.1) is 0 Å². The minimum absolute atomic E-state index is 0.335. The summed E-state index contributed by atoms with van der Waals surface area (Å²) in [5, 5.41) is 0. The first-order chi connectivity index (χ1) is 11.4. The van der Waals surface area contributed by atoms with Gasteiger partial charge in [0.1, 0.15) is 6.42 Å². The van der Waals surface area contributed by atoms with Gasteiger partial charge in [0.05, 0.1) is 17.4 Å². The molecule has 24 heavy (non-hydrogen) atoms. The number of likely N-dealkylation sites (tertiary alicyclic amines) is 2. The molecule has 132 valence electrons. The number of aromatic nitrogens is 1. The molecule has 3 rings (SSSR count). The lowest BCUT2D eigenvalue weighted by Gasteiger charge is -2.25. The summed E-state index contributed by atoms with van der Waals surface area (Å²) in [6.07, 6.45) is -2.08. The Kier molecular flexibility index (Phi) is 5.08. The van der Waals surface area contributed by atoms with Gasteiger partial charge in [-0.1, -0.05) is 6.07 Å². The van der Waals surface area contributed by atoms with E-state index in [1.807, 2.05) is 18.2 Å². The molecule has 1 unspecified atom stereocenters. The van der Waals surface area contributed by atoms with Crippen molar-refractivity contribution in [3.8, 4) is 0 Å². The summed E-state index contributed by atoms with van der Waals surface area (Å²) in [7, 11) is 0. The summed E-state index contributed by atoms with van der Waals surface area (Å²) in [5.41, 5.74) is 1.63. The fourth-order valence-corrected chi connectivity index (χ4v) is 3.59. The molecule has 0 aliphatic carbocycles. The number of carbonyl (C=O) groups is 1. The van der Waals surface area contributed by atoms with E-state index in [4.69, 9.17) is 0 Å². The minimum atomic E-state index is -4.46. The Morgan fingerprint density at radius 2 is 1.92 bits per heavy atom. The van der Waals surface area contributed by atoms with Crippen LogP contribution in [0.3, 0.4) is 0 Å². The second-order valence-corrected chi connectivity index (χ2v) is 6.57. The zero-order chi connectivity index (χ0) is 17.2. The maximum Gasteiger partial charge on any atom is 0.397 e. The summed E-state index contributed by atoms with van der Waals surface area (Å²) in [4.78, 5) is 20.3. The molecule has 2 saturated heterocycles. The number of alkyl halides is 3. The highest BCUT2D eigenvalue weighted by Crippen LogP contribution is 2.33. The first-order valence-electron chi connectivity index (χ1n) is 8.47. The van der Waals surface area contributed by atoms with Crippen LogP contribution in [-0.4, -0.2) is 46.5 Å². The first-order valence-corrected chi connectivity index (χ1v) is 8.47. The van der Waals surface area contributed by atoms with Crippen LogP contribution >= 0.6 is 0 Å². The van der Waals surface area contributed by atoms with Crippen LogP contribution in [0.2, 0.25) is 0 Å². The maximum absolute atomic E-state index is 12.5. The molecule has 3 heterocycles. The molecule has 0 saturated carbocycles. The quantitative estimate of drug-likeness (QED) is 0.843. The van der Waals surface area contributed by atoms with Gasteiger partial charge in [0, 0.05) is 13.1 Å². The fraction of sp³-hybridized carbons (Fsp3) is 0.647. The van der Waals surface area contributed by atoms with E-state index >= 15 is 0 Å². The van der Waals surface area contributed by atoms with E-state index in [1.54, 1.807) is 0 Å². The van der Waals surface area contributed by atoms with Gasteiger partial charge in [0.2, 0.25) is 5.91 Å². The fourth-order valence-electron chi connectivity index (χ4n) is 3.59. The third kappa shape index (κ3) is 4.26. The number of amides is 1. The van der Waals surface area contributed by atoms with Crippen molar-refractivity contribution in [1.82, 2.24) is 14.8 Å². The third-order valence-corrected chi connectivity index (χ3v) is 4.68. The highest BCUT2D eigenvalue weighted by Gasteiger charge is 2.38. The zero-order valence-electron chi connectivity index (χ0n) is 13.6. The first kappa shape index (κ1) is 17.2. The summed E-state index contributed by atoms with van der Waals surface area (Å²) in [6, 6.07) is 5.31. The Hall–Kier alpha value is -1.63. The Morgan fingerprint density at radius 1 is 1.17 bits per heavy atom. The molecular weight excluding hydrogens is 319 g/mol. The molecule has 2 fully saturated rings. The summed E-state index contributed by atoms with van der Waals surface area (Å²) < 4.78 is 37.5. The van der Waals surface area contributed by atoms with Gasteiger partial charge < -0.3 is 4.90 Å². The van der Waals surface area contributed by atoms with Crippen molar-refractivity contribution in [2.75, 3.05) is 19.6 Å². The van der Waals surface area contributed by atoms with E-state index in [-0.39, 0.29) is 6.04 Å². The average Bonchev–Trinajstić information content (AvgIpc) is 3.16. The highest BCUT2D eigenvalue weighted by atomic mass is 19.4. The molecule has 2 aliphatic rings. The number of halogens is 3. The SMILES string of the molecule is O=C(CC(F)(F)F)N1CCCC1c1cccc(CN2CCCC2)n1. The molecule has 0 radical (unpaired) electrons. The van der Waals surface area contributed by atoms with Crippen molar-refractivity contribution < 1.29 is 18.0 Å². The van der Waals surface area contributed by atoms with E-state index in [1.165, 1.54) is 17.7 Å². The lowest BCUT2D eigenvalue weighted by molar-refractivity contribution is -0.162. The predicted molar refractivity (Wildman–Crippen MR) is 83.1 cm³/mol. The van der Waals surface area contributed by atoms with Crippen LogP contribution in [0.4, 0.5) is 13.2 Å². The number of nitrogens with zero attached hydrogens (tertiary/aromatic N) is 3. The summed E-state index contributed by atoms with van der Waals surface area (Å²) in [5.74, 6) is -0.850. The van der Waals surface area contributed by atoms with Gasteiger partial charge in [-0.25, -0.2) is 0 Å². The third-order valence-electron chi connectivity index (χ3n) is 4.68. The van der Waals surface area contributed by atoms with Gasteiger partial charge in [0.15, 0.2) is 0 Å². The summed E-state index contributed by atoms with van der Waals surface area (Å²) in [6.45, 7) is 3.26. The molecule has 1 amide bonds. The molecule has 0 bridgehead atoms. The van der Waals surface area contributed by atoms with Crippen LogP contribution in [-0.2, 0) is 11.3 Å². The number of pyridine rings is 1. The molecular formula is C17H22F3N3O. The van der Waals surface area contributed by atoms with E-state index in [2.05, 4.69) is 9.88 Å². The second-order valence-electron chi connectivity index (χ2n) is 6.57. The molecule has 1 atom stereocenters. The Bertz CT molecular complexity index is 585. The van der Waals surface area contributed by atoms with Crippen molar-refractivity contribution in [3.63, 3.8) is 0 Å². The van der Waals surface area contributed by atoms with Crippen molar-refractivity contribution in [3.05, 3.63) is 29.6 Å². The molecule has 1 aromatic rings. The largest absolute Gasteiger partial charge is 0.397 e. The molecule has 1 aromatic heterocycles. The second kappa shape index (κ2) is 7.09. The topological polar surface area (TPSA) is 36.4 Å². The normalized spacial score (nSPS) is 22.3. The average molecular weight is 341 g/mol. The van der Waals surface area contributed by atoms with E-state index in [0.717, 1.165) is 25.3 Å². The van der Waals surface area contributed by atoms with Crippen molar-refractivity contribution in [2.45, 2.75) is 50.9 Å². The maximum atomic E-state index is 12.5. The van der Waals surface area contributed by atoms with Gasteiger partial charge in [-0.2, -0.15) is 13.2 Å². The monoisotopic (exact) mass is 341 g/mol. The summed E-state index contributed by atoms with van der Waals surface area (Å²) >= 11 is 0. The number of hydrogen-bond donors (Lipinski definition) is 0. The number of hydrogen-bond acceptors (Lipinski definition) is 3.